The van der Waals surface area contributed by atoms with E-state index >= 15 is 0 Å². The number of aliphatic imine (C=N–C) groups is 1. The highest BCUT2D eigenvalue weighted by molar-refractivity contribution is 6.42. The van der Waals surface area contributed by atoms with Gasteiger partial charge < -0.3 is 10.2 Å². The fourth-order valence-corrected chi connectivity index (χ4v) is 3.50. The molecule has 0 unspecified atom stereocenters. The molecule has 0 saturated heterocycles. The third-order valence-corrected chi connectivity index (χ3v) is 5.32. The van der Waals surface area contributed by atoms with Crippen molar-refractivity contribution in [1.82, 2.24) is 5.32 Å². The summed E-state index contributed by atoms with van der Waals surface area (Å²) in [5, 5.41) is 4.59. The molecule has 1 aliphatic rings. The Morgan fingerprint density at radius 2 is 1.59 bits per heavy atom. The molecule has 0 bridgehead atoms. The minimum atomic E-state index is 0.0997. The summed E-state index contributed by atoms with van der Waals surface area (Å²) >= 11 is 12.2. The van der Waals surface area contributed by atoms with E-state index in [1.165, 1.54) is 5.56 Å². The lowest BCUT2D eigenvalue weighted by Crippen LogP contribution is -2.38. The molecule has 0 fully saturated rings. The van der Waals surface area contributed by atoms with Crippen LogP contribution in [0.25, 0.3) is 0 Å². The van der Waals surface area contributed by atoms with Crippen LogP contribution in [0.3, 0.4) is 0 Å². The van der Waals surface area contributed by atoms with E-state index in [2.05, 4.69) is 46.6 Å². The zero-order valence-electron chi connectivity index (χ0n) is 14.6. The van der Waals surface area contributed by atoms with Gasteiger partial charge in [-0.3, -0.25) is 0 Å². The highest BCUT2D eigenvalue weighted by Crippen LogP contribution is 2.28. The first-order valence-corrected chi connectivity index (χ1v) is 9.59. The summed E-state index contributed by atoms with van der Waals surface area (Å²) in [5.41, 5.74) is 3.39. The average molecular weight is 396 g/mol. The van der Waals surface area contributed by atoms with Crippen LogP contribution in [0.1, 0.15) is 17.2 Å². The first-order chi connectivity index (χ1) is 13.2. The topological polar surface area (TPSA) is 27.6 Å². The Kier molecular flexibility index (Phi) is 5.33. The zero-order chi connectivity index (χ0) is 18.6. The van der Waals surface area contributed by atoms with Gasteiger partial charge in [0.2, 0.25) is 0 Å². The van der Waals surface area contributed by atoms with Crippen LogP contribution in [0.2, 0.25) is 10.0 Å². The van der Waals surface area contributed by atoms with Gasteiger partial charge in [-0.05, 0) is 35.4 Å². The van der Waals surface area contributed by atoms with E-state index < -0.39 is 0 Å². The van der Waals surface area contributed by atoms with Crippen LogP contribution in [-0.4, -0.2) is 12.5 Å². The fourth-order valence-electron chi connectivity index (χ4n) is 3.18. The molecule has 0 saturated carbocycles. The van der Waals surface area contributed by atoms with Gasteiger partial charge in [0.25, 0.3) is 0 Å². The highest BCUT2D eigenvalue weighted by Gasteiger charge is 2.27. The summed E-state index contributed by atoms with van der Waals surface area (Å²) in [6.45, 7) is 1.43. The van der Waals surface area contributed by atoms with Crippen molar-refractivity contribution < 1.29 is 0 Å². The van der Waals surface area contributed by atoms with Crippen molar-refractivity contribution >= 4 is 34.8 Å². The number of para-hydroxylation sites is 1. The Morgan fingerprint density at radius 1 is 0.889 bits per heavy atom. The van der Waals surface area contributed by atoms with Gasteiger partial charge in [0, 0.05) is 12.2 Å². The molecule has 0 amide bonds. The smallest absolute Gasteiger partial charge is 0.199 e. The van der Waals surface area contributed by atoms with Crippen molar-refractivity contribution in [3.63, 3.8) is 0 Å². The second-order valence-corrected chi connectivity index (χ2v) is 7.24. The number of guanidine groups is 1. The molecule has 0 aromatic heterocycles. The summed E-state index contributed by atoms with van der Waals surface area (Å²) in [6, 6.07) is 26.5. The maximum atomic E-state index is 6.14. The van der Waals surface area contributed by atoms with Crippen molar-refractivity contribution in [3.05, 3.63) is 100 Å². The minimum absolute atomic E-state index is 0.0997. The molecule has 3 aromatic carbocycles. The maximum Gasteiger partial charge on any atom is 0.199 e. The number of halogens is 2. The van der Waals surface area contributed by atoms with Crippen LogP contribution in [0.5, 0.6) is 0 Å². The lowest BCUT2D eigenvalue weighted by molar-refractivity contribution is 0.780. The Hall–Kier alpha value is -2.49. The Balaban J connectivity index is 1.58. The molecular weight excluding hydrogens is 377 g/mol. The van der Waals surface area contributed by atoms with Gasteiger partial charge in [-0.1, -0.05) is 77.8 Å². The lowest BCUT2D eigenvalue weighted by Gasteiger charge is -2.22. The van der Waals surface area contributed by atoms with E-state index in [9.17, 15) is 0 Å². The van der Waals surface area contributed by atoms with Gasteiger partial charge in [0.15, 0.2) is 5.96 Å². The largest absolute Gasteiger partial charge is 0.352 e. The first-order valence-electron chi connectivity index (χ1n) is 8.84. The minimum Gasteiger partial charge on any atom is -0.352 e. The molecule has 0 aliphatic carbocycles. The molecule has 1 atom stereocenters. The van der Waals surface area contributed by atoms with Gasteiger partial charge in [-0.25, -0.2) is 4.99 Å². The summed E-state index contributed by atoms with van der Waals surface area (Å²) in [4.78, 5) is 7.16. The summed E-state index contributed by atoms with van der Waals surface area (Å²) in [5.74, 6) is 0.862. The molecule has 1 N–H and O–H groups in total. The quantitative estimate of drug-likeness (QED) is 0.613. The van der Waals surface area contributed by atoms with E-state index in [0.717, 1.165) is 23.8 Å². The number of rotatable bonds is 4. The van der Waals surface area contributed by atoms with Crippen molar-refractivity contribution in [2.24, 2.45) is 4.99 Å². The van der Waals surface area contributed by atoms with Gasteiger partial charge in [0.1, 0.15) is 0 Å². The van der Waals surface area contributed by atoms with Crippen LogP contribution in [-0.2, 0) is 6.54 Å². The Labute approximate surface area is 169 Å². The van der Waals surface area contributed by atoms with E-state index in [-0.39, 0.29) is 6.04 Å². The van der Waals surface area contributed by atoms with E-state index in [4.69, 9.17) is 28.2 Å². The number of anilines is 1. The van der Waals surface area contributed by atoms with Crippen LogP contribution >= 0.6 is 23.2 Å². The molecule has 0 spiro atoms. The molecule has 3 aromatic rings. The van der Waals surface area contributed by atoms with Crippen molar-refractivity contribution in [2.75, 3.05) is 11.4 Å². The third kappa shape index (κ3) is 4.10. The van der Waals surface area contributed by atoms with E-state index in [1.807, 2.05) is 42.5 Å². The SMILES string of the molecule is Clc1ccc(CNC2=N[C@@H](c3ccccc3)CN2c2ccccc2)cc1Cl. The number of hydrogen-bond donors (Lipinski definition) is 1. The third-order valence-electron chi connectivity index (χ3n) is 4.58. The number of nitrogens with one attached hydrogen (secondary N) is 1. The zero-order valence-corrected chi connectivity index (χ0v) is 16.2. The summed E-state index contributed by atoms with van der Waals surface area (Å²) < 4.78 is 0. The number of nitrogens with zero attached hydrogens (tertiary/aromatic N) is 2. The number of hydrogen-bond acceptors (Lipinski definition) is 3. The highest BCUT2D eigenvalue weighted by atomic mass is 35.5. The molecule has 3 nitrogen and oxygen atoms in total. The standard InChI is InChI=1S/C22H19Cl2N3/c23-19-12-11-16(13-20(19)24)14-25-22-26-21(17-7-3-1-4-8-17)15-27(22)18-9-5-2-6-10-18/h1-13,21H,14-15H2,(H,25,26)/t21-/m1/s1. The lowest BCUT2D eigenvalue weighted by atomic mass is 10.1. The van der Waals surface area contributed by atoms with E-state index in [1.54, 1.807) is 0 Å². The molecule has 1 heterocycles. The Bertz CT molecular complexity index is 942. The van der Waals surface area contributed by atoms with E-state index in [0.29, 0.717) is 16.6 Å². The van der Waals surface area contributed by atoms with Gasteiger partial charge >= 0.3 is 0 Å². The molecular formula is C22H19Cl2N3. The molecule has 0 radical (unpaired) electrons. The van der Waals surface area contributed by atoms with Crippen LogP contribution in [0.15, 0.2) is 83.9 Å². The fraction of sp³-hybridized carbons (Fsp3) is 0.136. The predicted molar refractivity (Wildman–Crippen MR) is 114 cm³/mol. The summed E-state index contributed by atoms with van der Waals surface area (Å²) in [6.07, 6.45) is 0. The van der Waals surface area contributed by atoms with Gasteiger partial charge in [-0.15, -0.1) is 0 Å². The molecule has 1 aliphatic heterocycles. The van der Waals surface area contributed by atoms with Crippen LogP contribution < -0.4 is 10.2 Å². The second-order valence-electron chi connectivity index (χ2n) is 6.43. The van der Waals surface area contributed by atoms with Crippen molar-refractivity contribution in [3.8, 4) is 0 Å². The normalized spacial score (nSPS) is 16.3. The van der Waals surface area contributed by atoms with Crippen molar-refractivity contribution in [2.45, 2.75) is 12.6 Å². The van der Waals surface area contributed by atoms with Crippen LogP contribution in [0.4, 0.5) is 5.69 Å². The van der Waals surface area contributed by atoms with Gasteiger partial charge in [-0.2, -0.15) is 0 Å². The summed E-state index contributed by atoms with van der Waals surface area (Å²) in [7, 11) is 0. The monoisotopic (exact) mass is 395 g/mol. The average Bonchev–Trinajstić information content (AvgIpc) is 3.14. The van der Waals surface area contributed by atoms with Gasteiger partial charge in [0.05, 0.1) is 22.6 Å². The molecule has 4 rings (SSSR count). The second kappa shape index (κ2) is 8.03. The first kappa shape index (κ1) is 17.9. The van der Waals surface area contributed by atoms with Crippen LogP contribution in [0, 0.1) is 0 Å². The van der Waals surface area contributed by atoms with Crippen molar-refractivity contribution in [1.29, 1.82) is 0 Å². The Morgan fingerprint density at radius 3 is 2.30 bits per heavy atom. The predicted octanol–water partition coefficient (Wildman–Crippen LogP) is 5.70. The number of benzene rings is 3. The molecule has 136 valence electrons. The molecule has 27 heavy (non-hydrogen) atoms. The maximum absolute atomic E-state index is 6.14. The molecule has 5 heteroatoms.